The first-order valence-corrected chi connectivity index (χ1v) is 17.6. The van der Waals surface area contributed by atoms with Crippen LogP contribution >= 0.6 is 0 Å². The number of halogens is 7. The van der Waals surface area contributed by atoms with E-state index in [1.807, 2.05) is 19.6 Å². The molecular formula is C21H25F7N4OSi2. The number of nitrogens with zero attached hydrogens (tertiary/aromatic N) is 4. The van der Waals surface area contributed by atoms with Gasteiger partial charge in [0.05, 0.1) is 13.6 Å². The van der Waals surface area contributed by atoms with E-state index < -0.39 is 52.0 Å². The van der Waals surface area contributed by atoms with Crippen molar-refractivity contribution in [3.63, 3.8) is 0 Å². The van der Waals surface area contributed by atoms with E-state index in [2.05, 4.69) is 15.3 Å². The molecule has 0 aromatic carbocycles. The van der Waals surface area contributed by atoms with E-state index in [-0.39, 0.29) is 21.8 Å². The van der Waals surface area contributed by atoms with Gasteiger partial charge < -0.3 is 4.74 Å². The van der Waals surface area contributed by atoms with Gasteiger partial charge in [0.2, 0.25) is 0 Å². The highest BCUT2D eigenvalue weighted by Crippen LogP contribution is 2.33. The number of fused-ring (bicyclic) bond motifs is 1. The summed E-state index contributed by atoms with van der Waals surface area (Å²) in [6.07, 6.45) is -10.6. The molecule has 0 spiro atoms. The smallest absolute Gasteiger partial charge is 0.437 e. The van der Waals surface area contributed by atoms with Gasteiger partial charge in [0.15, 0.2) is 17.6 Å². The minimum atomic E-state index is -4.77. The summed E-state index contributed by atoms with van der Waals surface area (Å²) in [6.45, 7) is 11.8. The number of alkyl halides is 6. The molecule has 0 aliphatic carbocycles. The standard InChI is InChI=1S/C21H25F7N4OSi2/c1-11(20(23,24)25)33-19-16(22)17(35(5,6)7)13(10-29-19)12-8-14-18(21(26,27)28)30-31-32(14)15(9-12)34(2,3)4/h8-11H,1-7H3/t11-/m1/s1. The van der Waals surface area contributed by atoms with E-state index in [4.69, 9.17) is 4.74 Å². The van der Waals surface area contributed by atoms with Crippen LogP contribution in [-0.4, -0.2) is 48.2 Å². The third kappa shape index (κ3) is 5.37. The molecule has 5 nitrogen and oxygen atoms in total. The molecule has 0 saturated carbocycles. The number of pyridine rings is 2. The molecule has 0 saturated heterocycles. The fourth-order valence-corrected chi connectivity index (χ4v) is 6.80. The van der Waals surface area contributed by atoms with Gasteiger partial charge in [-0.1, -0.05) is 44.5 Å². The predicted octanol–water partition coefficient (Wildman–Crippen LogP) is 5.37. The Morgan fingerprint density at radius 3 is 2.03 bits per heavy atom. The quantitative estimate of drug-likeness (QED) is 0.324. The largest absolute Gasteiger partial charge is 0.463 e. The van der Waals surface area contributed by atoms with Crippen LogP contribution in [0.25, 0.3) is 16.6 Å². The summed E-state index contributed by atoms with van der Waals surface area (Å²) in [5.74, 6) is -1.85. The maximum Gasteiger partial charge on any atom is 0.437 e. The van der Waals surface area contributed by atoms with Gasteiger partial charge >= 0.3 is 12.4 Å². The Hall–Kier alpha value is -2.49. The minimum Gasteiger partial charge on any atom is -0.463 e. The van der Waals surface area contributed by atoms with Gasteiger partial charge in [0.1, 0.15) is 8.07 Å². The first-order chi connectivity index (χ1) is 15.7. The number of ether oxygens (including phenoxy) is 1. The molecule has 0 fully saturated rings. The van der Waals surface area contributed by atoms with Crippen molar-refractivity contribution in [2.75, 3.05) is 0 Å². The number of hydrogen-bond donors (Lipinski definition) is 0. The Balaban J connectivity index is 2.34. The molecule has 0 bridgehead atoms. The molecule has 3 rings (SSSR count). The van der Waals surface area contributed by atoms with Crippen LogP contribution in [0.3, 0.4) is 0 Å². The maximum absolute atomic E-state index is 15.6. The zero-order valence-corrected chi connectivity index (χ0v) is 22.2. The Morgan fingerprint density at radius 2 is 1.54 bits per heavy atom. The lowest BCUT2D eigenvalue weighted by Crippen LogP contribution is -2.44. The van der Waals surface area contributed by atoms with Gasteiger partial charge in [-0.3, -0.25) is 0 Å². The van der Waals surface area contributed by atoms with Crippen molar-refractivity contribution in [2.24, 2.45) is 0 Å². The second-order valence-electron chi connectivity index (χ2n) is 10.3. The van der Waals surface area contributed by atoms with Crippen LogP contribution in [0.15, 0.2) is 18.3 Å². The van der Waals surface area contributed by atoms with E-state index in [1.54, 1.807) is 25.7 Å². The van der Waals surface area contributed by atoms with Crippen LogP contribution in [0, 0.1) is 5.82 Å². The van der Waals surface area contributed by atoms with Crippen LogP contribution in [0.5, 0.6) is 5.88 Å². The molecule has 0 aliphatic heterocycles. The number of aromatic nitrogens is 4. The van der Waals surface area contributed by atoms with Crippen LogP contribution in [0.2, 0.25) is 39.3 Å². The van der Waals surface area contributed by atoms with Crippen LogP contribution in [0.1, 0.15) is 12.6 Å². The van der Waals surface area contributed by atoms with E-state index >= 15 is 4.39 Å². The third-order valence-corrected chi connectivity index (χ3v) is 9.23. The van der Waals surface area contributed by atoms with Gasteiger partial charge in [-0.05, 0) is 29.8 Å². The summed E-state index contributed by atoms with van der Waals surface area (Å²) >= 11 is 0. The first-order valence-electron chi connectivity index (χ1n) is 10.6. The second kappa shape index (κ2) is 8.57. The summed E-state index contributed by atoms with van der Waals surface area (Å²) in [5, 5.41) is 7.67. The normalized spacial score (nSPS) is 14.5. The van der Waals surface area contributed by atoms with Crippen molar-refractivity contribution < 1.29 is 35.5 Å². The molecule has 0 amide bonds. The number of rotatable bonds is 5. The molecule has 0 radical (unpaired) electrons. The number of hydrogen-bond acceptors (Lipinski definition) is 4. The molecule has 0 aliphatic rings. The van der Waals surface area contributed by atoms with Gasteiger partial charge in [0, 0.05) is 17.1 Å². The van der Waals surface area contributed by atoms with Crippen molar-refractivity contribution >= 4 is 32.2 Å². The summed E-state index contributed by atoms with van der Waals surface area (Å²) in [4.78, 5) is 3.79. The lowest BCUT2D eigenvalue weighted by molar-refractivity contribution is -0.190. The molecule has 0 N–H and O–H groups in total. The van der Waals surface area contributed by atoms with Crippen molar-refractivity contribution in [1.82, 2.24) is 19.8 Å². The van der Waals surface area contributed by atoms with Crippen molar-refractivity contribution in [3.05, 3.63) is 29.8 Å². The molecule has 14 heteroatoms. The average Bonchev–Trinajstić information content (AvgIpc) is 3.10. The highest BCUT2D eigenvalue weighted by molar-refractivity contribution is 6.90. The van der Waals surface area contributed by atoms with Gasteiger partial charge in [-0.25, -0.2) is 13.9 Å². The predicted molar refractivity (Wildman–Crippen MR) is 123 cm³/mol. The lowest BCUT2D eigenvalue weighted by atomic mass is 10.1. The molecule has 192 valence electrons. The van der Waals surface area contributed by atoms with Crippen LogP contribution in [0.4, 0.5) is 30.7 Å². The van der Waals surface area contributed by atoms with Crippen molar-refractivity contribution in [3.8, 4) is 17.0 Å². The first kappa shape index (κ1) is 27.1. The zero-order valence-electron chi connectivity index (χ0n) is 20.2. The Morgan fingerprint density at radius 1 is 0.943 bits per heavy atom. The zero-order chi connectivity index (χ0) is 26.7. The van der Waals surface area contributed by atoms with Crippen LogP contribution < -0.4 is 15.2 Å². The molecule has 0 unspecified atom stereocenters. The summed E-state index contributed by atoms with van der Waals surface area (Å²) in [5.41, 5.74) is -1.02. The third-order valence-electron chi connectivity index (χ3n) is 5.35. The van der Waals surface area contributed by atoms with Crippen LogP contribution in [-0.2, 0) is 6.18 Å². The maximum atomic E-state index is 15.6. The molecule has 3 heterocycles. The van der Waals surface area contributed by atoms with Gasteiger partial charge in [0.25, 0.3) is 5.88 Å². The highest BCUT2D eigenvalue weighted by Gasteiger charge is 2.40. The average molecular weight is 539 g/mol. The molecule has 1 atom stereocenters. The minimum absolute atomic E-state index is 0.101. The van der Waals surface area contributed by atoms with E-state index in [9.17, 15) is 26.3 Å². The summed E-state index contributed by atoms with van der Waals surface area (Å²) < 4.78 is 101. The molecule has 3 aromatic heterocycles. The highest BCUT2D eigenvalue weighted by atomic mass is 28.3. The summed E-state index contributed by atoms with van der Waals surface area (Å²) in [7, 11) is -4.92. The van der Waals surface area contributed by atoms with Gasteiger partial charge in [-0.15, -0.1) is 5.10 Å². The summed E-state index contributed by atoms with van der Waals surface area (Å²) in [6, 6.07) is 2.85. The topological polar surface area (TPSA) is 52.3 Å². The fourth-order valence-electron chi connectivity index (χ4n) is 3.62. The van der Waals surface area contributed by atoms with E-state index in [1.165, 1.54) is 6.07 Å². The van der Waals surface area contributed by atoms with Crippen molar-refractivity contribution in [1.29, 1.82) is 0 Å². The molecular weight excluding hydrogens is 513 g/mol. The van der Waals surface area contributed by atoms with E-state index in [0.29, 0.717) is 5.32 Å². The monoisotopic (exact) mass is 538 g/mol. The lowest BCUT2D eigenvalue weighted by Gasteiger charge is -2.25. The van der Waals surface area contributed by atoms with E-state index in [0.717, 1.165) is 17.6 Å². The fraction of sp³-hybridized carbons (Fsp3) is 0.476. The second-order valence-corrected chi connectivity index (χ2v) is 20.3. The Bertz CT molecular complexity index is 1260. The SMILES string of the molecule is C[C@@H](Oc1ncc(-c2cc([Si](C)(C)C)n3nnc(C(F)(F)F)c3c2)c([Si](C)(C)C)c1F)C(F)(F)F. The van der Waals surface area contributed by atoms with Gasteiger partial charge in [-0.2, -0.15) is 26.3 Å². The Labute approximate surface area is 199 Å². The molecule has 35 heavy (non-hydrogen) atoms. The van der Waals surface area contributed by atoms with Crippen molar-refractivity contribution in [2.45, 2.75) is 64.7 Å². The Kier molecular flexibility index (Phi) is 6.64. The molecule has 3 aromatic rings.